The van der Waals surface area contributed by atoms with Crippen LogP contribution in [0.4, 0.5) is 0 Å². The van der Waals surface area contributed by atoms with Gasteiger partial charge in [-0.05, 0) is 36.7 Å². The van der Waals surface area contributed by atoms with E-state index in [1.165, 1.54) is 6.42 Å². The van der Waals surface area contributed by atoms with Gasteiger partial charge in [-0.1, -0.05) is 20.4 Å². The second-order valence-electron chi connectivity index (χ2n) is 3.95. The zero-order chi connectivity index (χ0) is 8.43. The summed E-state index contributed by atoms with van der Waals surface area (Å²) in [6.45, 7) is 8.29. The largest absolute Gasteiger partial charge is 0.389 e. The molecule has 0 bridgehead atoms. The Labute approximate surface area is 69.1 Å². The first-order valence-electron chi connectivity index (χ1n) is 4.47. The van der Waals surface area contributed by atoms with E-state index in [0.29, 0.717) is 11.8 Å². The van der Waals surface area contributed by atoms with Crippen LogP contribution in [0.15, 0.2) is 12.2 Å². The van der Waals surface area contributed by atoms with Crippen molar-refractivity contribution in [3.05, 3.63) is 12.2 Å². The molecule has 0 aromatic carbocycles. The van der Waals surface area contributed by atoms with Crippen molar-refractivity contribution in [3.8, 4) is 0 Å². The maximum absolute atomic E-state index is 9.50. The Bertz CT molecular complexity index is 149. The van der Waals surface area contributed by atoms with Crippen LogP contribution in [0.2, 0.25) is 0 Å². The maximum Gasteiger partial charge on any atom is 0.0750 e. The second-order valence-corrected chi connectivity index (χ2v) is 3.95. The Hall–Kier alpha value is -0.300. The van der Waals surface area contributed by atoms with Gasteiger partial charge in [-0.3, -0.25) is 0 Å². The molecule has 0 aromatic rings. The fourth-order valence-electron chi connectivity index (χ4n) is 1.71. The Morgan fingerprint density at radius 3 is 2.64 bits per heavy atom. The molecular formula is C10H18O. The van der Waals surface area contributed by atoms with Crippen LogP contribution in [0.25, 0.3) is 0 Å². The van der Waals surface area contributed by atoms with E-state index in [1.807, 2.05) is 0 Å². The van der Waals surface area contributed by atoms with Crippen molar-refractivity contribution in [2.24, 2.45) is 11.8 Å². The second kappa shape index (κ2) is 3.40. The smallest absolute Gasteiger partial charge is 0.0750 e. The van der Waals surface area contributed by atoms with E-state index in [1.54, 1.807) is 0 Å². The van der Waals surface area contributed by atoms with E-state index in [0.717, 1.165) is 18.4 Å². The third kappa shape index (κ3) is 2.06. The third-order valence-electron chi connectivity index (χ3n) is 2.78. The summed E-state index contributed by atoms with van der Waals surface area (Å²) >= 11 is 0. The molecule has 1 rings (SSSR count). The first-order valence-corrected chi connectivity index (χ1v) is 4.47. The normalized spacial score (nSPS) is 32.9. The quantitative estimate of drug-likeness (QED) is 0.575. The minimum absolute atomic E-state index is 0.226. The molecule has 0 radical (unpaired) electrons. The highest BCUT2D eigenvalue weighted by Gasteiger charge is 2.24. The van der Waals surface area contributed by atoms with Crippen LogP contribution in [0.5, 0.6) is 0 Å². The molecule has 1 fully saturated rings. The monoisotopic (exact) mass is 154 g/mol. The maximum atomic E-state index is 9.50. The average Bonchev–Trinajstić information content (AvgIpc) is 1.94. The van der Waals surface area contributed by atoms with Crippen molar-refractivity contribution in [2.45, 2.75) is 39.2 Å². The molecule has 1 saturated carbocycles. The third-order valence-corrected chi connectivity index (χ3v) is 2.78. The van der Waals surface area contributed by atoms with Crippen LogP contribution in [0, 0.1) is 11.8 Å². The Morgan fingerprint density at radius 1 is 1.55 bits per heavy atom. The highest BCUT2D eigenvalue weighted by atomic mass is 16.3. The SMILES string of the molecule is C=C1CC[C@H](C(C)C)C[C@H]1O. The highest BCUT2D eigenvalue weighted by molar-refractivity contribution is 5.05. The minimum atomic E-state index is -0.226. The zero-order valence-electron chi connectivity index (χ0n) is 7.51. The number of hydrogen-bond acceptors (Lipinski definition) is 1. The van der Waals surface area contributed by atoms with E-state index in [9.17, 15) is 5.11 Å². The van der Waals surface area contributed by atoms with Gasteiger partial charge in [0.1, 0.15) is 0 Å². The van der Waals surface area contributed by atoms with Crippen LogP contribution in [-0.2, 0) is 0 Å². The van der Waals surface area contributed by atoms with Crippen molar-refractivity contribution < 1.29 is 5.11 Å². The van der Waals surface area contributed by atoms with E-state index < -0.39 is 0 Å². The van der Waals surface area contributed by atoms with Gasteiger partial charge in [0.05, 0.1) is 6.10 Å². The summed E-state index contributed by atoms with van der Waals surface area (Å²) in [5.41, 5.74) is 1.03. The minimum Gasteiger partial charge on any atom is -0.389 e. The van der Waals surface area contributed by atoms with Gasteiger partial charge in [-0.15, -0.1) is 0 Å². The number of aliphatic hydroxyl groups excluding tert-OH is 1. The van der Waals surface area contributed by atoms with Gasteiger partial charge in [-0.2, -0.15) is 0 Å². The molecule has 0 saturated heterocycles. The molecule has 64 valence electrons. The molecule has 0 aliphatic heterocycles. The fourth-order valence-corrected chi connectivity index (χ4v) is 1.71. The van der Waals surface area contributed by atoms with Gasteiger partial charge in [0.2, 0.25) is 0 Å². The molecule has 1 N–H and O–H groups in total. The van der Waals surface area contributed by atoms with Crippen LogP contribution >= 0.6 is 0 Å². The summed E-state index contributed by atoms with van der Waals surface area (Å²) in [5, 5.41) is 9.50. The molecule has 0 amide bonds. The van der Waals surface area contributed by atoms with E-state index in [2.05, 4.69) is 20.4 Å². The Kier molecular flexibility index (Phi) is 2.72. The lowest BCUT2D eigenvalue weighted by Gasteiger charge is -2.30. The van der Waals surface area contributed by atoms with Crippen LogP contribution in [-0.4, -0.2) is 11.2 Å². The number of rotatable bonds is 1. The molecule has 0 aromatic heterocycles. The molecule has 2 atom stereocenters. The molecule has 1 nitrogen and oxygen atoms in total. The highest BCUT2D eigenvalue weighted by Crippen LogP contribution is 2.31. The van der Waals surface area contributed by atoms with E-state index >= 15 is 0 Å². The molecule has 0 spiro atoms. The van der Waals surface area contributed by atoms with Crippen molar-refractivity contribution in [1.82, 2.24) is 0 Å². The number of aliphatic hydroxyl groups is 1. The average molecular weight is 154 g/mol. The van der Waals surface area contributed by atoms with Crippen molar-refractivity contribution in [2.75, 3.05) is 0 Å². The molecule has 1 aliphatic carbocycles. The summed E-state index contributed by atoms with van der Waals surface area (Å²) in [6, 6.07) is 0. The van der Waals surface area contributed by atoms with Crippen molar-refractivity contribution in [1.29, 1.82) is 0 Å². The van der Waals surface area contributed by atoms with E-state index in [4.69, 9.17) is 0 Å². The van der Waals surface area contributed by atoms with Gasteiger partial charge in [0.15, 0.2) is 0 Å². The van der Waals surface area contributed by atoms with Gasteiger partial charge in [0.25, 0.3) is 0 Å². The van der Waals surface area contributed by atoms with Gasteiger partial charge in [0, 0.05) is 0 Å². The van der Waals surface area contributed by atoms with Crippen LogP contribution in [0.3, 0.4) is 0 Å². The van der Waals surface area contributed by atoms with Crippen LogP contribution < -0.4 is 0 Å². The summed E-state index contributed by atoms with van der Waals surface area (Å²) in [7, 11) is 0. The first-order chi connectivity index (χ1) is 5.11. The van der Waals surface area contributed by atoms with Gasteiger partial charge in [-0.25, -0.2) is 0 Å². The summed E-state index contributed by atoms with van der Waals surface area (Å²) in [5.74, 6) is 1.41. The number of hydrogen-bond donors (Lipinski definition) is 1. The summed E-state index contributed by atoms with van der Waals surface area (Å²) in [6.07, 6.45) is 2.93. The van der Waals surface area contributed by atoms with E-state index in [-0.39, 0.29) is 6.10 Å². The molecule has 11 heavy (non-hydrogen) atoms. The topological polar surface area (TPSA) is 20.2 Å². The zero-order valence-corrected chi connectivity index (χ0v) is 7.51. The summed E-state index contributed by atoms with van der Waals surface area (Å²) < 4.78 is 0. The van der Waals surface area contributed by atoms with Crippen molar-refractivity contribution in [3.63, 3.8) is 0 Å². The predicted molar refractivity (Wildman–Crippen MR) is 47.3 cm³/mol. The molecule has 1 heteroatoms. The summed E-state index contributed by atoms with van der Waals surface area (Å²) in [4.78, 5) is 0. The molecule has 1 aliphatic rings. The Morgan fingerprint density at radius 2 is 2.18 bits per heavy atom. The molecule has 0 unspecified atom stereocenters. The van der Waals surface area contributed by atoms with Gasteiger partial charge >= 0.3 is 0 Å². The van der Waals surface area contributed by atoms with Crippen molar-refractivity contribution >= 4 is 0 Å². The van der Waals surface area contributed by atoms with Crippen LogP contribution in [0.1, 0.15) is 33.1 Å². The van der Waals surface area contributed by atoms with Gasteiger partial charge < -0.3 is 5.11 Å². The Balaban J connectivity index is 2.46. The standard InChI is InChI=1S/C10H18O/c1-7(2)9-5-4-8(3)10(11)6-9/h7,9-11H,3-6H2,1-2H3/t9-,10+/m0/s1. The predicted octanol–water partition coefficient (Wildman–Crippen LogP) is 2.36. The molecule has 0 heterocycles. The lowest BCUT2D eigenvalue weighted by molar-refractivity contribution is 0.130. The lowest BCUT2D eigenvalue weighted by atomic mass is 9.78. The molecular weight excluding hydrogens is 136 g/mol. The fraction of sp³-hybridized carbons (Fsp3) is 0.800. The first kappa shape index (κ1) is 8.79. The lowest BCUT2D eigenvalue weighted by Crippen LogP contribution is -2.24.